The van der Waals surface area contributed by atoms with Gasteiger partial charge >= 0.3 is 5.97 Å². The lowest BCUT2D eigenvalue weighted by Crippen LogP contribution is -2.26. The highest BCUT2D eigenvalue weighted by atomic mass is 32.2. The second-order valence-corrected chi connectivity index (χ2v) is 7.85. The summed E-state index contributed by atoms with van der Waals surface area (Å²) < 4.78 is 31.5. The third-order valence-corrected chi connectivity index (χ3v) is 5.63. The van der Waals surface area contributed by atoms with E-state index in [1.165, 1.54) is 29.7 Å². The number of ether oxygens (including phenoxy) is 1. The molecule has 0 aromatic heterocycles. The molecule has 2 rings (SSSR count). The van der Waals surface area contributed by atoms with Crippen LogP contribution >= 0.6 is 0 Å². The van der Waals surface area contributed by atoms with Crippen LogP contribution < -0.4 is 5.32 Å². The molecule has 0 fully saturated rings. The fourth-order valence-electron chi connectivity index (χ4n) is 2.33. The molecule has 2 aromatic carbocycles. The van der Waals surface area contributed by atoms with Crippen LogP contribution in [-0.2, 0) is 26.1 Å². The van der Waals surface area contributed by atoms with E-state index in [1.807, 2.05) is 30.3 Å². The molecule has 0 bridgehead atoms. The smallest absolute Gasteiger partial charge is 0.350 e. The van der Waals surface area contributed by atoms with Gasteiger partial charge in [0.05, 0.1) is 11.5 Å². The number of nitrogens with zero attached hydrogens (tertiary/aromatic N) is 2. The van der Waals surface area contributed by atoms with Crippen molar-refractivity contribution in [2.24, 2.45) is 0 Å². The Hall–Kier alpha value is -3.15. The number of anilines is 1. The Morgan fingerprint density at radius 3 is 2.39 bits per heavy atom. The van der Waals surface area contributed by atoms with Crippen LogP contribution in [0.5, 0.6) is 0 Å². The van der Waals surface area contributed by atoms with E-state index in [-0.39, 0.29) is 23.6 Å². The van der Waals surface area contributed by atoms with E-state index in [9.17, 15) is 13.2 Å². The van der Waals surface area contributed by atoms with E-state index >= 15 is 0 Å². The first kappa shape index (κ1) is 21.2. The Morgan fingerprint density at radius 1 is 1.18 bits per heavy atom. The quantitative estimate of drug-likeness (QED) is 0.416. The molecule has 2 aromatic rings. The van der Waals surface area contributed by atoms with Gasteiger partial charge in [0.25, 0.3) is 0 Å². The van der Waals surface area contributed by atoms with Gasteiger partial charge in [-0.1, -0.05) is 30.3 Å². The summed E-state index contributed by atoms with van der Waals surface area (Å²) in [4.78, 5) is 11.7. The summed E-state index contributed by atoms with van der Waals surface area (Å²) >= 11 is 0. The normalized spacial score (nSPS) is 11.7. The van der Waals surface area contributed by atoms with Crippen molar-refractivity contribution < 1.29 is 17.9 Å². The third-order valence-electron chi connectivity index (χ3n) is 3.81. The Bertz CT molecular complexity index is 978. The van der Waals surface area contributed by atoms with Crippen LogP contribution in [0.15, 0.2) is 71.3 Å². The number of hydrogen-bond acceptors (Lipinski definition) is 6. The first-order valence-electron chi connectivity index (χ1n) is 8.52. The van der Waals surface area contributed by atoms with Crippen LogP contribution in [0, 0.1) is 11.3 Å². The van der Waals surface area contributed by atoms with Crippen LogP contribution in [0.4, 0.5) is 5.69 Å². The molecule has 7 nitrogen and oxygen atoms in total. The van der Waals surface area contributed by atoms with Crippen molar-refractivity contribution in [3.63, 3.8) is 0 Å². The summed E-state index contributed by atoms with van der Waals surface area (Å²) in [5.41, 5.74) is 1.24. The summed E-state index contributed by atoms with van der Waals surface area (Å²) in [5.74, 6) is -0.723. The molecule has 0 aliphatic carbocycles. The van der Waals surface area contributed by atoms with Gasteiger partial charge in [-0.25, -0.2) is 13.2 Å². The summed E-state index contributed by atoms with van der Waals surface area (Å²) in [6, 6.07) is 17.1. The first-order valence-corrected chi connectivity index (χ1v) is 9.96. The lowest BCUT2D eigenvalue weighted by atomic mass is 10.2. The summed E-state index contributed by atoms with van der Waals surface area (Å²) in [6.45, 7) is 2.08. The molecule has 0 amide bonds. The van der Waals surface area contributed by atoms with Gasteiger partial charge in [0.1, 0.15) is 6.07 Å². The van der Waals surface area contributed by atoms with Gasteiger partial charge < -0.3 is 10.1 Å². The molecule has 8 heteroatoms. The molecule has 0 aliphatic heterocycles. The zero-order chi connectivity index (χ0) is 20.6. The van der Waals surface area contributed by atoms with Crippen molar-refractivity contribution in [2.45, 2.75) is 18.4 Å². The van der Waals surface area contributed by atoms with Crippen molar-refractivity contribution >= 4 is 21.7 Å². The number of carbonyl (C=O) groups is 1. The maximum Gasteiger partial charge on any atom is 0.350 e. The molecule has 28 heavy (non-hydrogen) atoms. The maximum absolute atomic E-state index is 12.7. The van der Waals surface area contributed by atoms with E-state index < -0.39 is 16.0 Å². The van der Waals surface area contributed by atoms with Crippen LogP contribution in [-0.4, -0.2) is 32.3 Å². The van der Waals surface area contributed by atoms with Crippen molar-refractivity contribution in [1.82, 2.24) is 4.31 Å². The molecule has 0 saturated heterocycles. The molecule has 0 saturated carbocycles. The number of hydrogen-bond donors (Lipinski definition) is 1. The molecule has 0 unspecified atom stereocenters. The standard InChI is InChI=1S/C20H21N3O4S/c1-3-27-20(24)17(13-21)14-22-18-9-11-19(12-10-18)28(25,26)23(2)15-16-7-5-4-6-8-16/h4-12,14,22H,3,15H2,1-2H3/b17-14+. The van der Waals surface area contributed by atoms with E-state index in [0.29, 0.717) is 5.69 Å². The zero-order valence-corrected chi connectivity index (χ0v) is 16.4. The lowest BCUT2D eigenvalue weighted by Gasteiger charge is -2.17. The average Bonchev–Trinajstić information content (AvgIpc) is 2.70. The monoisotopic (exact) mass is 399 g/mol. The summed E-state index contributed by atoms with van der Waals surface area (Å²) in [5, 5.41) is 11.8. The van der Waals surface area contributed by atoms with Crippen LogP contribution in [0.1, 0.15) is 12.5 Å². The number of benzene rings is 2. The number of nitrogens with one attached hydrogen (secondary N) is 1. The van der Waals surface area contributed by atoms with E-state index in [0.717, 1.165) is 5.56 Å². The minimum atomic E-state index is -3.65. The van der Waals surface area contributed by atoms with Crippen molar-refractivity contribution in [1.29, 1.82) is 5.26 Å². The van der Waals surface area contributed by atoms with Crippen LogP contribution in [0.2, 0.25) is 0 Å². The fraction of sp³-hybridized carbons (Fsp3) is 0.200. The largest absolute Gasteiger partial charge is 0.462 e. The Morgan fingerprint density at radius 2 is 1.82 bits per heavy atom. The zero-order valence-electron chi connectivity index (χ0n) is 15.6. The van der Waals surface area contributed by atoms with Gasteiger partial charge in [-0.15, -0.1) is 0 Å². The van der Waals surface area contributed by atoms with E-state index in [2.05, 4.69) is 5.32 Å². The van der Waals surface area contributed by atoms with E-state index in [4.69, 9.17) is 10.00 Å². The minimum Gasteiger partial charge on any atom is -0.462 e. The Labute approximate surface area is 164 Å². The lowest BCUT2D eigenvalue weighted by molar-refractivity contribution is -0.138. The topological polar surface area (TPSA) is 99.5 Å². The highest BCUT2D eigenvalue weighted by molar-refractivity contribution is 7.89. The predicted molar refractivity (Wildman–Crippen MR) is 105 cm³/mol. The maximum atomic E-state index is 12.7. The molecular formula is C20H21N3O4S. The molecule has 0 aliphatic rings. The molecule has 0 radical (unpaired) electrons. The number of esters is 1. The minimum absolute atomic E-state index is 0.145. The number of carbonyl (C=O) groups excluding carboxylic acids is 1. The van der Waals surface area contributed by atoms with Gasteiger partial charge in [-0.3, -0.25) is 0 Å². The molecule has 146 valence electrons. The van der Waals surface area contributed by atoms with Gasteiger partial charge in [0, 0.05) is 25.5 Å². The van der Waals surface area contributed by atoms with Gasteiger partial charge in [-0.2, -0.15) is 9.57 Å². The van der Waals surface area contributed by atoms with Crippen molar-refractivity contribution in [2.75, 3.05) is 19.0 Å². The third kappa shape index (κ3) is 5.42. The summed E-state index contributed by atoms with van der Waals surface area (Å²) in [7, 11) is -2.12. The predicted octanol–water partition coefficient (Wildman–Crippen LogP) is 2.89. The molecule has 1 N–H and O–H groups in total. The SMILES string of the molecule is CCOC(=O)/C(C#N)=C/Nc1ccc(S(=O)(=O)N(C)Cc2ccccc2)cc1. The van der Waals surface area contributed by atoms with Crippen LogP contribution in [0.3, 0.4) is 0 Å². The summed E-state index contributed by atoms with van der Waals surface area (Å²) in [6.07, 6.45) is 1.23. The van der Waals surface area contributed by atoms with Gasteiger partial charge in [-0.05, 0) is 36.8 Å². The number of rotatable bonds is 8. The second-order valence-electron chi connectivity index (χ2n) is 5.81. The molecular weight excluding hydrogens is 378 g/mol. The van der Waals surface area contributed by atoms with Crippen LogP contribution in [0.25, 0.3) is 0 Å². The number of sulfonamides is 1. The Kier molecular flexibility index (Phi) is 7.32. The van der Waals surface area contributed by atoms with Gasteiger partial charge in [0.15, 0.2) is 5.57 Å². The molecule has 0 atom stereocenters. The second kappa shape index (κ2) is 9.69. The molecule has 0 spiro atoms. The highest BCUT2D eigenvalue weighted by Gasteiger charge is 2.20. The first-order chi connectivity index (χ1) is 13.4. The molecule has 0 heterocycles. The fourth-order valence-corrected chi connectivity index (χ4v) is 3.49. The Balaban J connectivity index is 2.10. The number of nitriles is 1. The van der Waals surface area contributed by atoms with Gasteiger partial charge in [0.2, 0.25) is 10.0 Å². The van der Waals surface area contributed by atoms with Crippen molar-refractivity contribution in [3.8, 4) is 6.07 Å². The van der Waals surface area contributed by atoms with E-state index in [1.54, 1.807) is 25.1 Å². The average molecular weight is 399 g/mol. The highest BCUT2D eigenvalue weighted by Crippen LogP contribution is 2.19. The van der Waals surface area contributed by atoms with Crippen molar-refractivity contribution in [3.05, 3.63) is 71.9 Å².